The molecule has 6 heteroatoms. The van der Waals surface area contributed by atoms with E-state index in [1.807, 2.05) is 30.3 Å². The second-order valence-corrected chi connectivity index (χ2v) is 7.51. The average Bonchev–Trinajstić information content (AvgIpc) is 2.67. The molecule has 1 atom stereocenters. The number of ether oxygens (including phenoxy) is 2. The molecule has 1 aromatic carbocycles. The van der Waals surface area contributed by atoms with E-state index in [9.17, 15) is 19.2 Å². The molecule has 1 unspecified atom stereocenters. The van der Waals surface area contributed by atoms with E-state index in [0.29, 0.717) is 0 Å². The Labute approximate surface area is 162 Å². The van der Waals surface area contributed by atoms with E-state index in [1.54, 1.807) is 0 Å². The Bertz CT molecular complexity index is 860. The number of esters is 4. The number of benzene rings is 1. The molecule has 2 heterocycles. The smallest absolute Gasteiger partial charge is 0.314 e. The Morgan fingerprint density at radius 3 is 1.86 bits per heavy atom. The number of carbonyl (C=O) groups is 4. The van der Waals surface area contributed by atoms with Crippen LogP contribution in [0.1, 0.15) is 49.1 Å². The third kappa shape index (κ3) is 3.96. The van der Waals surface area contributed by atoms with E-state index in [0.717, 1.165) is 23.1 Å². The first-order valence-electron chi connectivity index (χ1n) is 9.43. The van der Waals surface area contributed by atoms with Crippen LogP contribution < -0.4 is 0 Å². The molecule has 2 aliphatic heterocycles. The van der Waals surface area contributed by atoms with Crippen molar-refractivity contribution in [1.82, 2.24) is 0 Å². The van der Waals surface area contributed by atoms with Crippen LogP contribution in [-0.2, 0) is 28.7 Å². The molecule has 0 radical (unpaired) electrons. The van der Waals surface area contributed by atoms with Crippen molar-refractivity contribution in [3.05, 3.63) is 53.6 Å². The fourth-order valence-corrected chi connectivity index (χ4v) is 4.08. The zero-order valence-electron chi connectivity index (χ0n) is 15.3. The van der Waals surface area contributed by atoms with Crippen molar-refractivity contribution >= 4 is 29.5 Å². The van der Waals surface area contributed by atoms with Crippen molar-refractivity contribution in [2.24, 2.45) is 11.8 Å². The maximum Gasteiger partial charge on any atom is 0.314 e. The molecule has 144 valence electrons. The Morgan fingerprint density at radius 2 is 1.32 bits per heavy atom. The Hall–Kier alpha value is -3.02. The summed E-state index contributed by atoms with van der Waals surface area (Å²) in [6.07, 6.45) is 7.97. The molecule has 0 N–H and O–H groups in total. The minimum atomic E-state index is -0.473. The first kappa shape index (κ1) is 18.3. The van der Waals surface area contributed by atoms with Crippen molar-refractivity contribution in [2.75, 3.05) is 0 Å². The monoisotopic (exact) mass is 380 g/mol. The second kappa shape index (κ2) is 7.54. The van der Waals surface area contributed by atoms with Crippen LogP contribution in [0.15, 0.2) is 42.5 Å². The number of cyclic esters (lactones) is 4. The van der Waals surface area contributed by atoms with Gasteiger partial charge in [0.15, 0.2) is 0 Å². The third-order valence-corrected chi connectivity index (χ3v) is 5.59. The van der Waals surface area contributed by atoms with E-state index in [1.165, 1.54) is 0 Å². The SMILES string of the molecule is O=C1CC(c2ccc(C3=CCC(C4CC(=O)OC(=O)C4)C=C3)cc2)CC(=O)O1. The minimum Gasteiger partial charge on any atom is -0.393 e. The van der Waals surface area contributed by atoms with Crippen molar-refractivity contribution in [2.45, 2.75) is 38.0 Å². The zero-order chi connectivity index (χ0) is 19.7. The van der Waals surface area contributed by atoms with Crippen LogP contribution >= 0.6 is 0 Å². The standard InChI is InChI=1S/C22H20O6/c23-19-9-17(10-20(24)27-19)15-5-1-13(2-6-15)14-3-7-16(8-4-14)18-11-21(25)28-22(26)12-18/h1-7,16-18H,8-12H2. The number of hydrogen-bond acceptors (Lipinski definition) is 6. The minimum absolute atomic E-state index is 0.00577. The zero-order valence-corrected chi connectivity index (χ0v) is 15.3. The van der Waals surface area contributed by atoms with E-state index in [4.69, 9.17) is 0 Å². The number of allylic oxidation sites excluding steroid dienone is 4. The van der Waals surface area contributed by atoms with Crippen molar-refractivity contribution < 1.29 is 28.7 Å². The summed E-state index contributed by atoms with van der Waals surface area (Å²) in [6.45, 7) is 0. The summed E-state index contributed by atoms with van der Waals surface area (Å²) in [5.41, 5.74) is 3.07. The topological polar surface area (TPSA) is 86.7 Å². The summed E-state index contributed by atoms with van der Waals surface area (Å²) < 4.78 is 9.19. The summed E-state index contributed by atoms with van der Waals surface area (Å²) in [5.74, 6) is -1.81. The first-order valence-corrected chi connectivity index (χ1v) is 9.43. The van der Waals surface area contributed by atoms with E-state index in [-0.39, 0.29) is 43.4 Å². The number of rotatable bonds is 3. The highest BCUT2D eigenvalue weighted by Crippen LogP contribution is 2.35. The summed E-state index contributed by atoms with van der Waals surface area (Å²) in [4.78, 5) is 45.9. The third-order valence-electron chi connectivity index (χ3n) is 5.59. The lowest BCUT2D eigenvalue weighted by Crippen LogP contribution is -2.29. The molecule has 4 rings (SSSR count). The summed E-state index contributed by atoms with van der Waals surface area (Å²) in [6, 6.07) is 7.86. The van der Waals surface area contributed by atoms with Gasteiger partial charge in [-0.15, -0.1) is 0 Å². The van der Waals surface area contributed by atoms with Crippen LogP contribution in [0, 0.1) is 11.8 Å². The lowest BCUT2D eigenvalue weighted by Gasteiger charge is -2.27. The van der Waals surface area contributed by atoms with Crippen LogP contribution in [0.3, 0.4) is 0 Å². The number of hydrogen-bond donors (Lipinski definition) is 0. The normalized spacial score (nSPS) is 24.0. The Kier molecular flexibility index (Phi) is 4.94. The fourth-order valence-electron chi connectivity index (χ4n) is 4.08. The quantitative estimate of drug-likeness (QED) is 0.592. The van der Waals surface area contributed by atoms with Crippen LogP contribution in [0.2, 0.25) is 0 Å². The molecule has 2 saturated heterocycles. The van der Waals surface area contributed by atoms with Gasteiger partial charge in [-0.05, 0) is 35.0 Å². The lowest BCUT2D eigenvalue weighted by molar-refractivity contribution is -0.167. The van der Waals surface area contributed by atoms with E-state index in [2.05, 4.69) is 21.6 Å². The Morgan fingerprint density at radius 1 is 0.750 bits per heavy atom. The number of carbonyl (C=O) groups excluding carboxylic acids is 4. The van der Waals surface area contributed by atoms with Gasteiger partial charge in [0, 0.05) is 18.8 Å². The fraction of sp³-hybridized carbons (Fsp3) is 0.364. The molecule has 0 spiro atoms. The van der Waals surface area contributed by atoms with Gasteiger partial charge in [0.25, 0.3) is 0 Å². The van der Waals surface area contributed by atoms with Gasteiger partial charge in [-0.2, -0.15) is 0 Å². The van der Waals surface area contributed by atoms with Crippen LogP contribution in [-0.4, -0.2) is 23.9 Å². The largest absolute Gasteiger partial charge is 0.393 e. The average molecular weight is 380 g/mol. The van der Waals surface area contributed by atoms with Gasteiger partial charge in [0.1, 0.15) is 0 Å². The van der Waals surface area contributed by atoms with Gasteiger partial charge in [0.2, 0.25) is 0 Å². The lowest BCUT2D eigenvalue weighted by atomic mass is 9.80. The molecular weight excluding hydrogens is 360 g/mol. The molecule has 2 fully saturated rings. The molecule has 0 aromatic heterocycles. The molecule has 0 bridgehead atoms. The molecule has 0 amide bonds. The molecule has 28 heavy (non-hydrogen) atoms. The first-order chi connectivity index (χ1) is 13.5. The predicted octanol–water partition coefficient (Wildman–Crippen LogP) is 3.07. The summed E-state index contributed by atoms with van der Waals surface area (Å²) >= 11 is 0. The maximum atomic E-state index is 11.5. The van der Waals surface area contributed by atoms with E-state index >= 15 is 0 Å². The molecule has 0 saturated carbocycles. The van der Waals surface area contributed by atoms with Crippen molar-refractivity contribution in [1.29, 1.82) is 0 Å². The van der Waals surface area contributed by atoms with Gasteiger partial charge in [-0.3, -0.25) is 19.2 Å². The summed E-state index contributed by atoms with van der Waals surface area (Å²) in [5, 5.41) is 0. The molecule has 6 nitrogen and oxygen atoms in total. The van der Waals surface area contributed by atoms with E-state index < -0.39 is 23.9 Å². The van der Waals surface area contributed by atoms with Gasteiger partial charge in [-0.1, -0.05) is 42.5 Å². The predicted molar refractivity (Wildman–Crippen MR) is 98.6 cm³/mol. The Balaban J connectivity index is 1.42. The van der Waals surface area contributed by atoms with Crippen LogP contribution in [0.5, 0.6) is 0 Å². The van der Waals surface area contributed by atoms with Gasteiger partial charge in [0.05, 0.1) is 12.8 Å². The highest BCUT2D eigenvalue weighted by atomic mass is 16.6. The van der Waals surface area contributed by atoms with Gasteiger partial charge < -0.3 is 9.47 Å². The maximum absolute atomic E-state index is 11.5. The van der Waals surface area contributed by atoms with Crippen LogP contribution in [0.25, 0.3) is 5.57 Å². The van der Waals surface area contributed by atoms with Crippen molar-refractivity contribution in [3.63, 3.8) is 0 Å². The molecule has 1 aliphatic carbocycles. The van der Waals surface area contributed by atoms with Gasteiger partial charge >= 0.3 is 23.9 Å². The van der Waals surface area contributed by atoms with Crippen LogP contribution in [0.4, 0.5) is 0 Å². The summed E-state index contributed by atoms with van der Waals surface area (Å²) in [7, 11) is 0. The van der Waals surface area contributed by atoms with Crippen molar-refractivity contribution in [3.8, 4) is 0 Å². The van der Waals surface area contributed by atoms with Gasteiger partial charge in [-0.25, -0.2) is 0 Å². The second-order valence-electron chi connectivity index (χ2n) is 7.51. The highest BCUT2D eigenvalue weighted by molar-refractivity contribution is 5.89. The molecular formula is C22H20O6. The molecule has 1 aromatic rings. The highest BCUT2D eigenvalue weighted by Gasteiger charge is 2.32. The molecule has 3 aliphatic rings.